The van der Waals surface area contributed by atoms with E-state index in [4.69, 9.17) is 14.7 Å². The Balaban J connectivity index is 1.95. The molecule has 0 aliphatic rings. The molecule has 0 aromatic heterocycles. The maximum atomic E-state index is 12.0. The lowest BCUT2D eigenvalue weighted by atomic mass is 10.1. The Labute approximate surface area is 157 Å². The van der Waals surface area contributed by atoms with Gasteiger partial charge in [-0.15, -0.1) is 0 Å². The van der Waals surface area contributed by atoms with Crippen LogP contribution in [0, 0.1) is 18.3 Å². The fraction of sp³-hybridized carbons (Fsp3) is 0.150. The van der Waals surface area contributed by atoms with E-state index >= 15 is 0 Å². The fourth-order valence-corrected chi connectivity index (χ4v) is 2.24. The molecule has 0 bridgehead atoms. The first kappa shape index (κ1) is 19.5. The molecule has 0 fully saturated rings. The highest BCUT2D eigenvalue weighted by Crippen LogP contribution is 2.28. The van der Waals surface area contributed by atoms with Crippen molar-refractivity contribution >= 4 is 17.9 Å². The van der Waals surface area contributed by atoms with Crippen LogP contribution >= 0.6 is 0 Å². The summed E-state index contributed by atoms with van der Waals surface area (Å²) in [5.41, 5.74) is 6.68. The number of hydrazine groups is 1. The molecule has 0 saturated heterocycles. The Hall–Kier alpha value is -3.79. The monoisotopic (exact) mass is 365 g/mol. The van der Waals surface area contributed by atoms with Crippen molar-refractivity contribution in [2.24, 2.45) is 0 Å². The van der Waals surface area contributed by atoms with E-state index in [1.807, 2.05) is 25.1 Å². The second kappa shape index (κ2) is 9.63. The molecule has 0 unspecified atom stereocenters. The molecule has 0 atom stereocenters. The molecule has 2 rings (SSSR count). The van der Waals surface area contributed by atoms with Gasteiger partial charge in [0.1, 0.15) is 6.07 Å². The number of rotatable bonds is 6. The highest BCUT2D eigenvalue weighted by molar-refractivity contribution is 5.98. The van der Waals surface area contributed by atoms with Gasteiger partial charge in [-0.05, 0) is 42.3 Å². The second-order valence-electron chi connectivity index (χ2n) is 5.45. The average molecular weight is 365 g/mol. The van der Waals surface area contributed by atoms with E-state index in [1.54, 1.807) is 36.4 Å². The number of carbonyl (C=O) groups excluding carboxylic acids is 2. The third-order valence-electron chi connectivity index (χ3n) is 3.60. The van der Waals surface area contributed by atoms with Gasteiger partial charge in [-0.3, -0.25) is 20.4 Å². The first-order chi connectivity index (χ1) is 13.0. The highest BCUT2D eigenvalue weighted by Gasteiger charge is 2.08. The van der Waals surface area contributed by atoms with E-state index in [0.717, 1.165) is 5.56 Å². The molecule has 0 spiro atoms. The van der Waals surface area contributed by atoms with Gasteiger partial charge in [0, 0.05) is 11.6 Å². The summed E-state index contributed by atoms with van der Waals surface area (Å²) in [5, 5.41) is 8.57. The van der Waals surface area contributed by atoms with Crippen LogP contribution < -0.4 is 20.3 Å². The van der Waals surface area contributed by atoms with Crippen molar-refractivity contribution in [2.45, 2.75) is 6.92 Å². The van der Waals surface area contributed by atoms with Gasteiger partial charge < -0.3 is 9.47 Å². The first-order valence-corrected chi connectivity index (χ1v) is 8.07. The molecule has 0 radical (unpaired) electrons. The first-order valence-electron chi connectivity index (χ1n) is 8.07. The number of amides is 2. The van der Waals surface area contributed by atoms with E-state index < -0.39 is 11.8 Å². The van der Waals surface area contributed by atoms with E-state index in [9.17, 15) is 9.59 Å². The third kappa shape index (κ3) is 5.61. The largest absolute Gasteiger partial charge is 0.493 e. The van der Waals surface area contributed by atoms with Gasteiger partial charge in [-0.2, -0.15) is 5.26 Å². The maximum absolute atomic E-state index is 12.0. The predicted molar refractivity (Wildman–Crippen MR) is 99.9 cm³/mol. The summed E-state index contributed by atoms with van der Waals surface area (Å²) < 4.78 is 10.4. The highest BCUT2D eigenvalue weighted by atomic mass is 16.5. The lowest BCUT2D eigenvalue weighted by Gasteiger charge is -2.09. The van der Waals surface area contributed by atoms with Crippen molar-refractivity contribution in [3.05, 3.63) is 65.2 Å². The van der Waals surface area contributed by atoms with Crippen molar-refractivity contribution in [3.63, 3.8) is 0 Å². The van der Waals surface area contributed by atoms with E-state index in [2.05, 4.69) is 10.9 Å². The van der Waals surface area contributed by atoms with Crippen molar-refractivity contribution < 1.29 is 19.1 Å². The number of hydrogen-bond acceptors (Lipinski definition) is 5. The quantitative estimate of drug-likeness (QED) is 0.605. The van der Waals surface area contributed by atoms with Crippen molar-refractivity contribution in [2.75, 3.05) is 13.7 Å². The van der Waals surface area contributed by atoms with E-state index in [1.165, 1.54) is 13.2 Å². The molecule has 2 aromatic rings. The Morgan fingerprint density at radius 3 is 2.63 bits per heavy atom. The molecule has 7 nitrogen and oxygen atoms in total. The van der Waals surface area contributed by atoms with E-state index in [0.29, 0.717) is 22.6 Å². The average Bonchev–Trinajstić information content (AvgIpc) is 2.69. The Morgan fingerprint density at radius 2 is 1.93 bits per heavy atom. The van der Waals surface area contributed by atoms with Crippen LogP contribution in [0.2, 0.25) is 0 Å². The number of methoxy groups -OCH3 is 1. The molecule has 2 aromatic carbocycles. The molecule has 2 amide bonds. The smallest absolute Gasteiger partial charge is 0.269 e. The van der Waals surface area contributed by atoms with Gasteiger partial charge in [-0.25, -0.2) is 0 Å². The minimum Gasteiger partial charge on any atom is -0.493 e. The number of hydrogen-bond donors (Lipinski definition) is 2. The zero-order valence-corrected chi connectivity index (χ0v) is 15.0. The minimum atomic E-state index is -0.485. The van der Waals surface area contributed by atoms with Gasteiger partial charge in [0.2, 0.25) is 0 Å². The van der Waals surface area contributed by atoms with Crippen LogP contribution in [0.25, 0.3) is 6.08 Å². The number of ether oxygens (including phenoxy) is 2. The summed E-state index contributed by atoms with van der Waals surface area (Å²) in [6.07, 6.45) is 2.84. The van der Waals surface area contributed by atoms with Crippen LogP contribution in [-0.2, 0) is 4.79 Å². The number of aryl methyl sites for hydroxylation is 1. The number of nitriles is 1. The van der Waals surface area contributed by atoms with Gasteiger partial charge in [-0.1, -0.05) is 24.3 Å². The van der Waals surface area contributed by atoms with Gasteiger partial charge >= 0.3 is 0 Å². The summed E-state index contributed by atoms with van der Waals surface area (Å²) in [6.45, 7) is 1.72. The van der Waals surface area contributed by atoms with Gasteiger partial charge in [0.25, 0.3) is 11.8 Å². The summed E-state index contributed by atoms with van der Waals surface area (Å²) in [5.74, 6) is 0.00281. The van der Waals surface area contributed by atoms with Crippen molar-refractivity contribution in [3.8, 4) is 17.6 Å². The maximum Gasteiger partial charge on any atom is 0.269 e. The van der Waals surface area contributed by atoms with Crippen LogP contribution in [-0.4, -0.2) is 25.5 Å². The molecule has 0 aliphatic carbocycles. The summed E-state index contributed by atoms with van der Waals surface area (Å²) in [4.78, 5) is 23.9. The van der Waals surface area contributed by atoms with E-state index in [-0.39, 0.29) is 6.61 Å². The van der Waals surface area contributed by atoms with Crippen LogP contribution in [0.3, 0.4) is 0 Å². The topological polar surface area (TPSA) is 100 Å². The van der Waals surface area contributed by atoms with Crippen molar-refractivity contribution in [1.82, 2.24) is 10.9 Å². The summed E-state index contributed by atoms with van der Waals surface area (Å²) >= 11 is 0. The van der Waals surface area contributed by atoms with Gasteiger partial charge in [0.15, 0.2) is 18.1 Å². The normalized spacial score (nSPS) is 10.1. The molecule has 27 heavy (non-hydrogen) atoms. The van der Waals surface area contributed by atoms with Crippen LogP contribution in [0.15, 0.2) is 48.5 Å². The Bertz CT molecular complexity index is 900. The van der Waals surface area contributed by atoms with Crippen LogP contribution in [0.1, 0.15) is 21.5 Å². The fourth-order valence-electron chi connectivity index (χ4n) is 2.24. The Kier molecular flexibility index (Phi) is 6.97. The lowest BCUT2D eigenvalue weighted by Crippen LogP contribution is -2.41. The minimum absolute atomic E-state index is 0.0888. The zero-order valence-electron chi connectivity index (χ0n) is 15.0. The summed E-state index contributed by atoms with van der Waals surface area (Å²) in [6, 6.07) is 14.0. The standard InChI is InChI=1S/C20H19N3O4/c1-14-5-3-4-6-16(14)20(25)23-22-19(24)10-8-15-7-9-17(27-12-11-21)18(13-15)26-2/h3-10,13H,12H2,1-2H3,(H,22,24)(H,23,25)/b10-8+. The predicted octanol–water partition coefficient (Wildman–Crippen LogP) is 2.38. The number of nitrogens with one attached hydrogen (secondary N) is 2. The second-order valence-corrected chi connectivity index (χ2v) is 5.45. The molecule has 2 N–H and O–H groups in total. The Morgan fingerprint density at radius 1 is 1.15 bits per heavy atom. The van der Waals surface area contributed by atoms with Crippen molar-refractivity contribution in [1.29, 1.82) is 5.26 Å². The number of carbonyl (C=O) groups is 2. The molecular formula is C20H19N3O4. The molecule has 138 valence electrons. The number of benzene rings is 2. The molecule has 0 aliphatic heterocycles. The van der Waals surface area contributed by atoms with Crippen LogP contribution in [0.4, 0.5) is 0 Å². The molecule has 7 heteroatoms. The number of nitrogens with zero attached hydrogens (tertiary/aromatic N) is 1. The lowest BCUT2D eigenvalue weighted by molar-refractivity contribution is -0.117. The molecular weight excluding hydrogens is 346 g/mol. The molecule has 0 heterocycles. The zero-order chi connectivity index (χ0) is 19.6. The third-order valence-corrected chi connectivity index (χ3v) is 3.60. The summed E-state index contributed by atoms with van der Waals surface area (Å²) in [7, 11) is 1.48. The molecule has 0 saturated carbocycles. The SMILES string of the molecule is COc1cc(/C=C/C(=O)NNC(=O)c2ccccc2C)ccc1OCC#N. The van der Waals surface area contributed by atoms with Gasteiger partial charge in [0.05, 0.1) is 7.11 Å². The van der Waals surface area contributed by atoms with Crippen LogP contribution in [0.5, 0.6) is 11.5 Å².